The molecule has 1 saturated carbocycles. The molecule has 40 heavy (non-hydrogen) atoms. The molecule has 9 nitrogen and oxygen atoms in total. The number of phenols is 2. The summed E-state index contributed by atoms with van der Waals surface area (Å²) in [5.74, 6) is -3.68. The number of benzene rings is 1. The van der Waals surface area contributed by atoms with E-state index in [1.807, 2.05) is 39.8 Å². The molecule has 2 saturated heterocycles. The Morgan fingerprint density at radius 1 is 1.02 bits per heavy atom. The average molecular weight is 548 g/mol. The molecule has 6 aliphatic rings. The van der Waals surface area contributed by atoms with Crippen LogP contribution in [0.3, 0.4) is 0 Å². The van der Waals surface area contributed by atoms with Crippen LogP contribution in [0.2, 0.25) is 0 Å². The Hall–Kier alpha value is -3.72. The molecule has 0 radical (unpaired) electrons. The monoisotopic (exact) mass is 547 g/mol. The van der Waals surface area contributed by atoms with Gasteiger partial charge in [0.05, 0.1) is 6.61 Å². The van der Waals surface area contributed by atoms with Crippen LogP contribution in [0.25, 0.3) is 0 Å². The van der Waals surface area contributed by atoms with Gasteiger partial charge in [0.25, 0.3) is 0 Å². The first-order chi connectivity index (χ1) is 18.9. The van der Waals surface area contributed by atoms with Gasteiger partial charge in [-0.1, -0.05) is 29.4 Å². The molecule has 4 bridgehead atoms. The third-order valence-electron chi connectivity index (χ3n) is 9.19. The molecule has 3 aliphatic heterocycles. The molecular formula is C31H33NO8. The number of carbonyl (C=O) groups excluding carboxylic acids is 4. The van der Waals surface area contributed by atoms with E-state index >= 15 is 0 Å². The van der Waals surface area contributed by atoms with Crippen molar-refractivity contribution in [2.24, 2.45) is 17.8 Å². The number of ether oxygens (including phenoxy) is 2. The molecule has 3 aliphatic carbocycles. The van der Waals surface area contributed by atoms with Crippen LogP contribution in [0.1, 0.15) is 62.9 Å². The summed E-state index contributed by atoms with van der Waals surface area (Å²) in [6.07, 6.45) is 6.06. The van der Waals surface area contributed by atoms with Crippen molar-refractivity contribution in [2.75, 3.05) is 13.2 Å². The van der Waals surface area contributed by atoms with E-state index in [4.69, 9.17) is 9.47 Å². The smallest absolute Gasteiger partial charge is 0.229 e. The normalized spacial score (nSPS) is 31.6. The van der Waals surface area contributed by atoms with E-state index < -0.39 is 40.5 Å². The first kappa shape index (κ1) is 26.5. The van der Waals surface area contributed by atoms with Gasteiger partial charge in [-0.15, -0.1) is 0 Å². The van der Waals surface area contributed by atoms with Gasteiger partial charge >= 0.3 is 0 Å². The maximum absolute atomic E-state index is 14.3. The maximum atomic E-state index is 14.3. The largest absolute Gasteiger partial charge is 0.507 e. The molecule has 3 fully saturated rings. The van der Waals surface area contributed by atoms with Crippen molar-refractivity contribution in [3.63, 3.8) is 0 Å². The SMILES string of the molecule is CC(C)=CCc1c(O)cc(O)c2c1O[C@@]13C(=C[C@H]4C(=O)[C@]1(CC=C(C)C)OC[C@@H]3[C@H]4CN1C(=O)CCC1=O)C2=O. The number of ketones is 2. The Kier molecular flexibility index (Phi) is 5.89. The zero-order chi connectivity index (χ0) is 28.7. The summed E-state index contributed by atoms with van der Waals surface area (Å²) in [6.45, 7) is 7.76. The molecule has 0 unspecified atom stereocenters. The van der Waals surface area contributed by atoms with E-state index in [9.17, 15) is 29.4 Å². The number of hydrogen-bond acceptors (Lipinski definition) is 8. The highest BCUT2D eigenvalue weighted by atomic mass is 16.6. The van der Waals surface area contributed by atoms with Crippen molar-refractivity contribution >= 4 is 23.4 Å². The van der Waals surface area contributed by atoms with Crippen LogP contribution in [0.5, 0.6) is 17.2 Å². The minimum Gasteiger partial charge on any atom is -0.507 e. The van der Waals surface area contributed by atoms with E-state index in [0.29, 0.717) is 5.56 Å². The van der Waals surface area contributed by atoms with Crippen LogP contribution in [-0.2, 0) is 25.5 Å². The number of aromatic hydroxyl groups is 2. The minimum absolute atomic E-state index is 0.0344. The molecule has 2 amide bonds. The Labute approximate surface area is 232 Å². The molecule has 1 aromatic rings. The summed E-state index contributed by atoms with van der Waals surface area (Å²) in [7, 11) is 0. The van der Waals surface area contributed by atoms with E-state index in [1.165, 1.54) is 4.90 Å². The average Bonchev–Trinajstić information content (AvgIpc) is 3.35. The first-order valence-electron chi connectivity index (χ1n) is 13.7. The fraction of sp³-hybridized carbons (Fsp3) is 0.484. The summed E-state index contributed by atoms with van der Waals surface area (Å²) in [5.41, 5.74) is -0.589. The summed E-state index contributed by atoms with van der Waals surface area (Å²) in [6, 6.07) is 1.15. The Morgan fingerprint density at radius 2 is 1.70 bits per heavy atom. The first-order valence-corrected chi connectivity index (χ1v) is 13.7. The standard InChI is InChI=1S/C31H33NO8/c1-15(2)5-6-17-22(33)12-23(34)26-27(37)20-11-18-19(13-32-24(35)7-8-25(32)36)21-14-39-30(29(18)38,10-9-16(3)4)31(20,21)40-28(17)26/h5,9,11-12,18-19,21,33-34H,6-8,10,13-14H2,1-4H3/t18-,19+,21-,30+,31-/m1/s1. The predicted molar refractivity (Wildman–Crippen MR) is 143 cm³/mol. The van der Waals surface area contributed by atoms with Crippen molar-refractivity contribution in [1.82, 2.24) is 4.90 Å². The van der Waals surface area contributed by atoms with E-state index in [1.54, 1.807) is 6.08 Å². The molecule has 9 heteroatoms. The molecule has 5 atom stereocenters. The van der Waals surface area contributed by atoms with Crippen LogP contribution in [0.15, 0.2) is 41.0 Å². The number of likely N-dealkylation sites (tertiary alicyclic amines) is 1. The molecule has 2 N–H and O–H groups in total. The number of phenolic OH excluding ortho intramolecular Hbond substituents is 2. The van der Waals surface area contributed by atoms with E-state index in [0.717, 1.165) is 17.2 Å². The number of Topliss-reactive ketones (excluding diaryl/α,β-unsaturated/α-hetero) is 2. The van der Waals surface area contributed by atoms with E-state index in [2.05, 4.69) is 0 Å². The maximum Gasteiger partial charge on any atom is 0.229 e. The van der Waals surface area contributed by atoms with Crippen LogP contribution in [-0.4, -0.2) is 62.8 Å². The van der Waals surface area contributed by atoms with Gasteiger partial charge in [-0.05, 0) is 40.0 Å². The second kappa shape index (κ2) is 8.89. The van der Waals surface area contributed by atoms with Gasteiger partial charge in [0.15, 0.2) is 22.8 Å². The molecule has 210 valence electrons. The number of imide groups is 1. The number of nitrogens with zero attached hydrogens (tertiary/aromatic N) is 1. The van der Waals surface area contributed by atoms with Crippen molar-refractivity contribution < 1.29 is 38.9 Å². The van der Waals surface area contributed by atoms with Crippen molar-refractivity contribution in [3.8, 4) is 17.2 Å². The minimum atomic E-state index is -1.55. The lowest BCUT2D eigenvalue weighted by Crippen LogP contribution is -2.74. The number of amides is 2. The zero-order valence-electron chi connectivity index (χ0n) is 23.1. The highest BCUT2D eigenvalue weighted by molar-refractivity contribution is 6.18. The van der Waals surface area contributed by atoms with Crippen molar-refractivity contribution in [2.45, 2.75) is 64.6 Å². The number of rotatable bonds is 6. The van der Waals surface area contributed by atoms with Crippen LogP contribution >= 0.6 is 0 Å². The summed E-state index contributed by atoms with van der Waals surface area (Å²) >= 11 is 0. The highest BCUT2D eigenvalue weighted by Crippen LogP contribution is 2.65. The van der Waals surface area contributed by atoms with Gasteiger partial charge < -0.3 is 19.7 Å². The van der Waals surface area contributed by atoms with Crippen LogP contribution in [0, 0.1) is 17.8 Å². The van der Waals surface area contributed by atoms with Gasteiger partial charge in [-0.3, -0.25) is 24.1 Å². The number of hydrogen-bond donors (Lipinski definition) is 2. The van der Waals surface area contributed by atoms with Crippen LogP contribution in [0.4, 0.5) is 0 Å². The number of fused-ring (bicyclic) bond motifs is 1. The quantitative estimate of drug-likeness (QED) is 0.408. The number of carbonyl (C=O) groups is 4. The molecule has 3 heterocycles. The summed E-state index contributed by atoms with van der Waals surface area (Å²) in [5, 5.41) is 21.7. The van der Waals surface area contributed by atoms with Gasteiger partial charge in [-0.2, -0.15) is 0 Å². The molecule has 1 aromatic carbocycles. The van der Waals surface area contributed by atoms with Crippen molar-refractivity contribution in [3.05, 3.63) is 52.1 Å². The third kappa shape index (κ3) is 3.36. The van der Waals surface area contributed by atoms with E-state index in [-0.39, 0.29) is 79.1 Å². The lowest BCUT2D eigenvalue weighted by atomic mass is 9.49. The van der Waals surface area contributed by atoms with Gasteiger partial charge in [0.2, 0.25) is 11.8 Å². The second-order valence-electron chi connectivity index (χ2n) is 12.0. The molecule has 0 aromatic heterocycles. The predicted octanol–water partition coefficient (Wildman–Crippen LogP) is 3.57. The van der Waals surface area contributed by atoms with Crippen molar-refractivity contribution in [1.29, 1.82) is 0 Å². The Bertz CT molecular complexity index is 1460. The summed E-state index contributed by atoms with van der Waals surface area (Å²) < 4.78 is 13.2. The molecule has 1 spiro atoms. The second-order valence-corrected chi connectivity index (χ2v) is 12.0. The number of allylic oxidation sites excluding steroid dienone is 4. The fourth-order valence-electron chi connectivity index (χ4n) is 7.27. The zero-order valence-corrected chi connectivity index (χ0v) is 23.1. The van der Waals surface area contributed by atoms with Gasteiger partial charge in [0.1, 0.15) is 22.8 Å². The lowest BCUT2D eigenvalue weighted by Gasteiger charge is -2.58. The highest BCUT2D eigenvalue weighted by Gasteiger charge is 2.79. The lowest BCUT2D eigenvalue weighted by molar-refractivity contribution is -0.172. The van der Waals surface area contributed by atoms with Gasteiger partial charge in [-0.25, -0.2) is 0 Å². The Balaban J connectivity index is 1.57. The third-order valence-corrected chi connectivity index (χ3v) is 9.19. The van der Waals surface area contributed by atoms with Gasteiger partial charge in [0, 0.05) is 54.8 Å². The summed E-state index contributed by atoms with van der Waals surface area (Å²) in [4.78, 5) is 54.9. The van der Waals surface area contributed by atoms with Crippen LogP contribution < -0.4 is 4.74 Å². The molecular weight excluding hydrogens is 514 g/mol. The topological polar surface area (TPSA) is 130 Å². The fourth-order valence-corrected chi connectivity index (χ4v) is 7.27. The molecule has 7 rings (SSSR count). The Morgan fingerprint density at radius 3 is 2.35 bits per heavy atom.